The van der Waals surface area contributed by atoms with Gasteiger partial charge >= 0.3 is 0 Å². The summed E-state index contributed by atoms with van der Waals surface area (Å²) in [6.07, 6.45) is 6.46. The van der Waals surface area contributed by atoms with Crippen LogP contribution in [0.1, 0.15) is 63.0 Å². The van der Waals surface area contributed by atoms with Crippen molar-refractivity contribution in [2.24, 2.45) is 0 Å². The van der Waals surface area contributed by atoms with Crippen molar-refractivity contribution < 1.29 is 4.79 Å². The Morgan fingerprint density at radius 1 is 1.39 bits per heavy atom. The number of hydrogen-bond acceptors (Lipinski definition) is 2. The van der Waals surface area contributed by atoms with Gasteiger partial charge in [0.05, 0.1) is 5.69 Å². The molecular weight excluding hydrogens is 226 g/mol. The van der Waals surface area contributed by atoms with E-state index in [1.165, 1.54) is 19.3 Å². The van der Waals surface area contributed by atoms with Crippen molar-refractivity contribution in [3.8, 4) is 0 Å². The van der Waals surface area contributed by atoms with E-state index in [-0.39, 0.29) is 11.9 Å². The van der Waals surface area contributed by atoms with Gasteiger partial charge in [-0.2, -0.15) is 0 Å². The highest BCUT2D eigenvalue weighted by Crippen LogP contribution is 2.16. The topological polar surface area (TPSA) is 60.1 Å². The molecular formula is C14H25N3O. The van der Waals surface area contributed by atoms with Gasteiger partial charge < -0.3 is 15.6 Å². The Bertz CT molecular complexity index is 382. The fourth-order valence-electron chi connectivity index (χ4n) is 1.95. The van der Waals surface area contributed by atoms with E-state index >= 15 is 0 Å². The van der Waals surface area contributed by atoms with Crippen molar-refractivity contribution >= 4 is 11.6 Å². The molecule has 18 heavy (non-hydrogen) atoms. The van der Waals surface area contributed by atoms with Crippen LogP contribution in [0.25, 0.3) is 0 Å². The number of nitrogen functional groups attached to an aromatic ring is 1. The number of nitrogens with zero attached hydrogens (tertiary/aromatic N) is 1. The van der Waals surface area contributed by atoms with E-state index in [2.05, 4.69) is 12.2 Å². The van der Waals surface area contributed by atoms with Crippen molar-refractivity contribution in [1.82, 2.24) is 9.88 Å². The Kier molecular flexibility index (Phi) is 5.75. The highest BCUT2D eigenvalue weighted by atomic mass is 16.1. The van der Waals surface area contributed by atoms with Gasteiger partial charge in [-0.25, -0.2) is 0 Å². The summed E-state index contributed by atoms with van der Waals surface area (Å²) in [5, 5.41) is 2.95. The molecule has 4 heteroatoms. The van der Waals surface area contributed by atoms with Gasteiger partial charge in [-0.15, -0.1) is 0 Å². The maximum atomic E-state index is 12.0. The lowest BCUT2D eigenvalue weighted by atomic mass is 10.2. The third-order valence-corrected chi connectivity index (χ3v) is 2.97. The van der Waals surface area contributed by atoms with E-state index in [1.807, 2.05) is 24.6 Å². The molecule has 3 N–H and O–H groups in total. The van der Waals surface area contributed by atoms with Gasteiger partial charge in [0.15, 0.2) is 0 Å². The molecule has 0 radical (unpaired) electrons. The van der Waals surface area contributed by atoms with Crippen LogP contribution in [0.3, 0.4) is 0 Å². The Balaban J connectivity index is 2.51. The van der Waals surface area contributed by atoms with Gasteiger partial charge in [0.2, 0.25) is 0 Å². The monoisotopic (exact) mass is 251 g/mol. The van der Waals surface area contributed by atoms with E-state index in [4.69, 9.17) is 5.73 Å². The van der Waals surface area contributed by atoms with Gasteiger partial charge in [-0.05, 0) is 26.3 Å². The minimum Gasteiger partial charge on any atom is -0.397 e. The first kappa shape index (κ1) is 14.6. The lowest BCUT2D eigenvalue weighted by Crippen LogP contribution is -2.27. The first-order valence-electron chi connectivity index (χ1n) is 6.81. The molecule has 0 saturated heterocycles. The number of carbonyl (C=O) groups is 1. The third kappa shape index (κ3) is 4.09. The lowest BCUT2D eigenvalue weighted by Gasteiger charge is -2.12. The molecule has 0 spiro atoms. The summed E-state index contributed by atoms with van der Waals surface area (Å²) >= 11 is 0. The molecule has 102 valence electrons. The molecule has 1 rings (SSSR count). The summed E-state index contributed by atoms with van der Waals surface area (Å²) in [6, 6.07) is 1.98. The van der Waals surface area contributed by atoms with E-state index in [0.717, 1.165) is 13.0 Å². The van der Waals surface area contributed by atoms with Gasteiger partial charge in [0.1, 0.15) is 5.69 Å². The van der Waals surface area contributed by atoms with E-state index in [9.17, 15) is 4.79 Å². The summed E-state index contributed by atoms with van der Waals surface area (Å²) in [7, 11) is 0. The van der Waals surface area contributed by atoms with Gasteiger partial charge in [0.25, 0.3) is 5.91 Å². The van der Waals surface area contributed by atoms with Crippen LogP contribution < -0.4 is 11.1 Å². The average molecular weight is 251 g/mol. The van der Waals surface area contributed by atoms with Crippen LogP contribution >= 0.6 is 0 Å². The van der Waals surface area contributed by atoms with Crippen LogP contribution in [-0.4, -0.2) is 17.0 Å². The molecule has 0 bridgehead atoms. The molecule has 0 fully saturated rings. The number of rotatable bonds is 7. The minimum absolute atomic E-state index is 0.0306. The normalized spacial score (nSPS) is 10.9. The zero-order chi connectivity index (χ0) is 13.5. The molecule has 0 aliphatic rings. The summed E-state index contributed by atoms with van der Waals surface area (Å²) in [5.41, 5.74) is 7.04. The lowest BCUT2D eigenvalue weighted by molar-refractivity contribution is 0.0942. The summed E-state index contributed by atoms with van der Waals surface area (Å²) in [6.45, 7) is 6.99. The van der Waals surface area contributed by atoms with Gasteiger partial charge in [-0.3, -0.25) is 4.79 Å². The minimum atomic E-state index is -0.0306. The number of unbranched alkanes of at least 4 members (excludes halogenated alkanes) is 3. The Labute approximate surface area is 110 Å². The number of amides is 1. The third-order valence-electron chi connectivity index (χ3n) is 2.97. The molecule has 1 heterocycles. The van der Waals surface area contributed by atoms with E-state index in [0.29, 0.717) is 11.4 Å². The van der Waals surface area contributed by atoms with Crippen molar-refractivity contribution in [2.45, 2.75) is 52.5 Å². The largest absolute Gasteiger partial charge is 0.397 e. The average Bonchev–Trinajstić information content (AvgIpc) is 2.71. The van der Waals surface area contributed by atoms with Crippen molar-refractivity contribution in [3.63, 3.8) is 0 Å². The van der Waals surface area contributed by atoms with Crippen LogP contribution in [0.2, 0.25) is 0 Å². The first-order chi connectivity index (χ1) is 8.56. The molecule has 0 atom stereocenters. The summed E-state index contributed by atoms with van der Waals surface area (Å²) < 4.78 is 1.91. The quantitative estimate of drug-likeness (QED) is 0.732. The fourth-order valence-corrected chi connectivity index (χ4v) is 1.95. The molecule has 1 amide bonds. The zero-order valence-electron chi connectivity index (χ0n) is 11.7. The second kappa shape index (κ2) is 7.09. The molecule has 0 aromatic carbocycles. The molecule has 1 aromatic heterocycles. The number of nitrogens with one attached hydrogen (secondary N) is 1. The fraction of sp³-hybridized carbons (Fsp3) is 0.643. The predicted molar refractivity (Wildman–Crippen MR) is 75.7 cm³/mol. The number of carbonyl (C=O) groups excluding carboxylic acids is 1. The standard InChI is InChI=1S/C14H25N3O/c1-4-5-6-7-8-16-14(18)13-9-12(15)10-17(13)11(2)3/h9-11H,4-8,15H2,1-3H3,(H,16,18). The molecule has 0 aliphatic heterocycles. The molecule has 4 nitrogen and oxygen atoms in total. The highest BCUT2D eigenvalue weighted by molar-refractivity contribution is 5.93. The Hall–Kier alpha value is -1.45. The van der Waals surface area contributed by atoms with Crippen molar-refractivity contribution in [2.75, 3.05) is 12.3 Å². The number of nitrogens with two attached hydrogens (primary N) is 1. The van der Waals surface area contributed by atoms with Crippen LogP contribution in [0, 0.1) is 0 Å². The second-order valence-electron chi connectivity index (χ2n) is 4.98. The first-order valence-corrected chi connectivity index (χ1v) is 6.81. The summed E-state index contributed by atoms with van der Waals surface area (Å²) in [5.74, 6) is -0.0306. The van der Waals surface area contributed by atoms with Crippen LogP contribution in [0.5, 0.6) is 0 Å². The predicted octanol–water partition coefficient (Wildman–Crippen LogP) is 2.96. The SMILES string of the molecule is CCCCCCNC(=O)c1cc(N)cn1C(C)C. The zero-order valence-corrected chi connectivity index (χ0v) is 11.7. The number of aromatic nitrogens is 1. The second-order valence-corrected chi connectivity index (χ2v) is 4.98. The maximum absolute atomic E-state index is 12.0. The van der Waals surface area contributed by atoms with Crippen LogP contribution in [-0.2, 0) is 0 Å². The van der Waals surface area contributed by atoms with E-state index < -0.39 is 0 Å². The van der Waals surface area contributed by atoms with Gasteiger partial charge in [-0.1, -0.05) is 26.2 Å². The number of hydrogen-bond donors (Lipinski definition) is 2. The van der Waals surface area contributed by atoms with Crippen LogP contribution in [0.4, 0.5) is 5.69 Å². The molecule has 0 aliphatic carbocycles. The smallest absolute Gasteiger partial charge is 0.267 e. The van der Waals surface area contributed by atoms with E-state index in [1.54, 1.807) is 6.07 Å². The number of anilines is 1. The molecule has 0 saturated carbocycles. The maximum Gasteiger partial charge on any atom is 0.267 e. The van der Waals surface area contributed by atoms with Crippen molar-refractivity contribution in [3.05, 3.63) is 18.0 Å². The Morgan fingerprint density at radius 3 is 2.72 bits per heavy atom. The van der Waals surface area contributed by atoms with Crippen LogP contribution in [0.15, 0.2) is 12.3 Å². The Morgan fingerprint density at radius 2 is 2.11 bits per heavy atom. The highest BCUT2D eigenvalue weighted by Gasteiger charge is 2.13. The molecule has 0 unspecified atom stereocenters. The van der Waals surface area contributed by atoms with Gasteiger partial charge in [0, 0.05) is 18.8 Å². The summed E-state index contributed by atoms with van der Waals surface area (Å²) in [4.78, 5) is 12.0. The molecule has 1 aromatic rings. The van der Waals surface area contributed by atoms with Crippen molar-refractivity contribution in [1.29, 1.82) is 0 Å².